The summed E-state index contributed by atoms with van der Waals surface area (Å²) in [4.78, 5) is 16.2. The van der Waals surface area contributed by atoms with Crippen molar-refractivity contribution >= 4 is 44.9 Å². The number of sulfonamides is 1. The van der Waals surface area contributed by atoms with Crippen molar-refractivity contribution in [2.45, 2.75) is 19.5 Å². The van der Waals surface area contributed by atoms with Crippen molar-refractivity contribution in [3.8, 4) is 22.6 Å². The van der Waals surface area contributed by atoms with Crippen LogP contribution in [0.4, 0.5) is 0 Å². The summed E-state index contributed by atoms with van der Waals surface area (Å²) in [6.07, 6.45) is 3.12. The Morgan fingerprint density at radius 2 is 1.82 bits per heavy atom. The van der Waals surface area contributed by atoms with E-state index in [2.05, 4.69) is 4.90 Å². The number of fused-ring (bicyclic) bond motifs is 1. The molecule has 1 atom stereocenters. The van der Waals surface area contributed by atoms with Gasteiger partial charge in [-0.25, -0.2) is 8.42 Å². The van der Waals surface area contributed by atoms with E-state index < -0.39 is 10.0 Å². The maximum Gasteiger partial charge on any atom is 0.259 e. The second-order valence-corrected chi connectivity index (χ2v) is 11.5. The lowest BCUT2D eigenvalue weighted by Gasteiger charge is -2.38. The number of benzene rings is 1. The molecule has 34 heavy (non-hydrogen) atoms. The molecule has 1 fully saturated rings. The lowest BCUT2D eigenvalue weighted by molar-refractivity contribution is 0.123. The normalized spacial score (nSPS) is 17.5. The number of ether oxygens (including phenoxy) is 2. The highest BCUT2D eigenvalue weighted by Crippen LogP contribution is 2.38. The van der Waals surface area contributed by atoms with Crippen LogP contribution < -0.4 is 15.0 Å². The predicted molar refractivity (Wildman–Crippen MR) is 142 cm³/mol. The highest BCUT2D eigenvalue weighted by Gasteiger charge is 2.29. The molecule has 4 rings (SSSR count). The molecular formula is C23H31N3O5S3. The summed E-state index contributed by atoms with van der Waals surface area (Å²) < 4.78 is 38.7. The number of nitrogens with zero attached hydrogens (tertiary/aromatic N) is 3. The second kappa shape index (κ2) is 10.3. The zero-order valence-corrected chi connectivity index (χ0v) is 22.6. The Hall–Kier alpha value is -2.05. The quantitative estimate of drug-likeness (QED) is 0.492. The number of aryl methyl sites for hydroxylation is 1. The first kappa shape index (κ1) is 26.6. The van der Waals surface area contributed by atoms with Crippen molar-refractivity contribution in [2.75, 3.05) is 40.1 Å². The van der Waals surface area contributed by atoms with E-state index in [1.807, 2.05) is 37.4 Å². The fourth-order valence-electron chi connectivity index (χ4n) is 4.29. The zero-order chi connectivity index (χ0) is 23.9. The molecule has 0 amide bonds. The summed E-state index contributed by atoms with van der Waals surface area (Å²) in [6, 6.07) is 7.81. The molecule has 0 bridgehead atoms. The minimum atomic E-state index is -3.19. The number of piperazine rings is 1. The Bertz CT molecular complexity index is 1350. The van der Waals surface area contributed by atoms with E-state index >= 15 is 0 Å². The molecule has 1 aliphatic heterocycles. The van der Waals surface area contributed by atoms with Gasteiger partial charge in [-0.3, -0.25) is 9.69 Å². The number of rotatable bonds is 6. The van der Waals surface area contributed by atoms with Crippen molar-refractivity contribution in [1.29, 1.82) is 0 Å². The van der Waals surface area contributed by atoms with E-state index in [-0.39, 0.29) is 25.1 Å². The Morgan fingerprint density at radius 1 is 1.12 bits per heavy atom. The van der Waals surface area contributed by atoms with Crippen molar-refractivity contribution in [3.05, 3.63) is 45.7 Å². The standard InChI is InChI=1S/C23H29N3O5S2.H2S/c1-15-12-26(33(5,28)29)9-8-25(15)13-17-11-18-22(32-17)19(14-24(2)23(18)27)16-6-7-20(30-3)21(10-16)31-4;/h6-7,10-11,14-15H,8-9,12-13H2,1-5H3;1H2/t15-;/m0./s1. The van der Waals surface area contributed by atoms with Gasteiger partial charge in [0.1, 0.15) is 0 Å². The van der Waals surface area contributed by atoms with E-state index in [0.29, 0.717) is 43.1 Å². The summed E-state index contributed by atoms with van der Waals surface area (Å²) in [7, 11) is 1.78. The fourth-order valence-corrected chi connectivity index (χ4v) is 6.39. The lowest BCUT2D eigenvalue weighted by atomic mass is 10.1. The number of thiophene rings is 1. The van der Waals surface area contributed by atoms with Gasteiger partial charge in [0.25, 0.3) is 5.56 Å². The van der Waals surface area contributed by atoms with E-state index in [9.17, 15) is 13.2 Å². The summed E-state index contributed by atoms with van der Waals surface area (Å²) in [5.41, 5.74) is 1.86. The molecule has 186 valence electrons. The molecule has 0 saturated carbocycles. The first-order chi connectivity index (χ1) is 15.6. The molecule has 8 nitrogen and oxygen atoms in total. The Labute approximate surface area is 211 Å². The van der Waals surface area contributed by atoms with Gasteiger partial charge in [0, 0.05) is 60.6 Å². The van der Waals surface area contributed by atoms with Gasteiger partial charge in [0.05, 0.1) is 25.9 Å². The van der Waals surface area contributed by atoms with E-state index in [0.717, 1.165) is 20.7 Å². The molecule has 11 heteroatoms. The largest absolute Gasteiger partial charge is 0.493 e. The van der Waals surface area contributed by atoms with E-state index in [1.165, 1.54) is 10.6 Å². The fraction of sp³-hybridized carbons (Fsp3) is 0.435. The van der Waals surface area contributed by atoms with Gasteiger partial charge in [-0.05, 0) is 30.7 Å². The third-order valence-corrected chi connectivity index (χ3v) is 8.57. The molecule has 1 aliphatic rings. The summed E-state index contributed by atoms with van der Waals surface area (Å²) in [6.45, 7) is 4.32. The summed E-state index contributed by atoms with van der Waals surface area (Å²) in [5.74, 6) is 1.28. The van der Waals surface area contributed by atoms with Gasteiger partial charge in [-0.2, -0.15) is 17.8 Å². The van der Waals surface area contributed by atoms with Crippen LogP contribution in [-0.4, -0.2) is 68.3 Å². The van der Waals surface area contributed by atoms with Gasteiger partial charge in [0.15, 0.2) is 11.5 Å². The Kier molecular flexibility index (Phi) is 8.03. The van der Waals surface area contributed by atoms with Gasteiger partial charge >= 0.3 is 0 Å². The van der Waals surface area contributed by atoms with Crippen LogP contribution in [0.5, 0.6) is 11.5 Å². The molecule has 3 aromatic rings. The van der Waals surface area contributed by atoms with Gasteiger partial charge < -0.3 is 14.0 Å². The van der Waals surface area contributed by atoms with Crippen molar-refractivity contribution < 1.29 is 17.9 Å². The van der Waals surface area contributed by atoms with Crippen molar-refractivity contribution in [1.82, 2.24) is 13.8 Å². The maximum atomic E-state index is 12.9. The van der Waals surface area contributed by atoms with Crippen LogP contribution in [0.25, 0.3) is 21.2 Å². The topological polar surface area (TPSA) is 81.1 Å². The van der Waals surface area contributed by atoms with Gasteiger partial charge in [0.2, 0.25) is 10.0 Å². The Balaban J connectivity index is 0.00000324. The number of aromatic nitrogens is 1. The summed E-state index contributed by atoms with van der Waals surface area (Å²) >= 11 is 1.61. The van der Waals surface area contributed by atoms with Crippen molar-refractivity contribution in [2.24, 2.45) is 7.05 Å². The minimum absolute atomic E-state index is 0. The third kappa shape index (κ3) is 5.13. The van der Waals surface area contributed by atoms with Crippen LogP contribution in [0.1, 0.15) is 11.8 Å². The zero-order valence-electron chi connectivity index (χ0n) is 20.0. The minimum Gasteiger partial charge on any atom is -0.493 e. The highest BCUT2D eigenvalue weighted by molar-refractivity contribution is 7.88. The maximum absolute atomic E-state index is 12.9. The molecule has 0 spiro atoms. The van der Waals surface area contributed by atoms with Crippen LogP contribution in [0.15, 0.2) is 35.3 Å². The van der Waals surface area contributed by atoms with E-state index in [1.54, 1.807) is 37.2 Å². The van der Waals surface area contributed by atoms with Crippen molar-refractivity contribution in [3.63, 3.8) is 0 Å². The molecule has 0 unspecified atom stereocenters. The molecule has 1 aromatic carbocycles. The molecule has 0 radical (unpaired) electrons. The monoisotopic (exact) mass is 525 g/mol. The van der Waals surface area contributed by atoms with Gasteiger partial charge in [-0.15, -0.1) is 11.3 Å². The predicted octanol–water partition coefficient (Wildman–Crippen LogP) is 2.86. The van der Waals surface area contributed by atoms with Crippen LogP contribution in [0, 0.1) is 0 Å². The lowest BCUT2D eigenvalue weighted by Crippen LogP contribution is -2.52. The number of methoxy groups -OCH3 is 2. The van der Waals surface area contributed by atoms with Crippen LogP contribution >= 0.6 is 24.8 Å². The average molecular weight is 526 g/mol. The molecular weight excluding hydrogens is 494 g/mol. The average Bonchev–Trinajstić information content (AvgIpc) is 3.20. The number of hydrogen-bond acceptors (Lipinski definition) is 7. The number of hydrogen-bond donors (Lipinski definition) is 0. The highest BCUT2D eigenvalue weighted by atomic mass is 32.2. The van der Waals surface area contributed by atoms with E-state index in [4.69, 9.17) is 9.47 Å². The SMILES string of the molecule is COc1ccc(-c2cn(C)c(=O)c3cc(CN4CCN(S(C)(=O)=O)C[C@@H]4C)sc23)cc1OC.S. The first-order valence-corrected chi connectivity index (χ1v) is 13.3. The first-order valence-electron chi connectivity index (χ1n) is 10.7. The number of pyridine rings is 1. The molecule has 2 aromatic heterocycles. The molecule has 1 saturated heterocycles. The molecule has 3 heterocycles. The third-order valence-electron chi connectivity index (χ3n) is 6.15. The Morgan fingerprint density at radius 3 is 2.44 bits per heavy atom. The summed E-state index contributed by atoms with van der Waals surface area (Å²) in [5, 5.41) is 0.687. The molecule has 0 N–H and O–H groups in total. The smallest absolute Gasteiger partial charge is 0.259 e. The molecule has 0 aliphatic carbocycles. The second-order valence-electron chi connectivity index (χ2n) is 8.42. The van der Waals surface area contributed by atoms with Crippen LogP contribution in [0.2, 0.25) is 0 Å². The van der Waals surface area contributed by atoms with Crippen LogP contribution in [-0.2, 0) is 23.6 Å². The van der Waals surface area contributed by atoms with Crippen LogP contribution in [0.3, 0.4) is 0 Å². The van der Waals surface area contributed by atoms with Gasteiger partial charge in [-0.1, -0.05) is 6.07 Å².